The van der Waals surface area contributed by atoms with Crippen molar-refractivity contribution in [1.82, 2.24) is 10.3 Å². The molecule has 1 aromatic rings. The smallest absolute Gasteiger partial charge is 0.320 e. The molecule has 0 aliphatic rings. The maximum absolute atomic E-state index is 11.4. The molecule has 0 aromatic carbocycles. The molecule has 86 valence electrons. The van der Waals surface area contributed by atoms with Crippen LogP contribution in [0.2, 0.25) is 0 Å². The molecule has 0 saturated carbocycles. The topological polar surface area (TPSA) is 63.2 Å². The predicted octanol–water partition coefficient (Wildman–Crippen LogP) is 1.71. The quantitative estimate of drug-likeness (QED) is 0.761. The first-order chi connectivity index (χ1) is 7.67. The average Bonchev–Trinajstić information content (AvgIpc) is 2.27. The minimum Gasteiger partial charge on any atom is -0.493 e. The monoisotopic (exact) mass is 221 g/mol. The lowest BCUT2D eigenvalue weighted by Crippen LogP contribution is -2.29. The van der Waals surface area contributed by atoms with Crippen LogP contribution in [0.3, 0.4) is 0 Å². The second kappa shape index (κ2) is 5.75. The number of nitrogens with zero attached hydrogens (tertiary/aromatic N) is 1. The maximum Gasteiger partial charge on any atom is 0.320 e. The van der Waals surface area contributed by atoms with E-state index in [9.17, 15) is 4.79 Å². The van der Waals surface area contributed by atoms with Gasteiger partial charge in [-0.05, 0) is 19.1 Å². The van der Waals surface area contributed by atoms with Crippen LogP contribution in [-0.2, 0) is 0 Å². The summed E-state index contributed by atoms with van der Waals surface area (Å²) in [6.45, 7) is 5.75. The number of methoxy groups -OCH3 is 1. The average molecular weight is 221 g/mol. The Morgan fingerprint density at radius 2 is 2.38 bits per heavy atom. The second-order valence-electron chi connectivity index (χ2n) is 3.13. The fraction of sp³-hybridized carbons (Fsp3) is 0.273. The Morgan fingerprint density at radius 3 is 3.00 bits per heavy atom. The van der Waals surface area contributed by atoms with Crippen LogP contribution >= 0.6 is 0 Å². The minimum atomic E-state index is -0.337. The summed E-state index contributed by atoms with van der Waals surface area (Å²) in [6, 6.07) is 3.23. The van der Waals surface area contributed by atoms with Crippen LogP contribution in [0.15, 0.2) is 24.8 Å². The van der Waals surface area contributed by atoms with Gasteiger partial charge in [0, 0.05) is 12.2 Å². The van der Waals surface area contributed by atoms with Crippen molar-refractivity contribution in [3.8, 4) is 5.75 Å². The first kappa shape index (κ1) is 12.0. The summed E-state index contributed by atoms with van der Waals surface area (Å²) in [5, 5.41) is 5.19. The van der Waals surface area contributed by atoms with Crippen LogP contribution in [0, 0.1) is 6.92 Å². The molecule has 0 aliphatic carbocycles. The second-order valence-corrected chi connectivity index (χ2v) is 3.13. The highest BCUT2D eigenvalue weighted by Crippen LogP contribution is 2.21. The number of aryl methyl sites for hydroxylation is 1. The fourth-order valence-electron chi connectivity index (χ4n) is 1.11. The number of carbonyl (C=O) groups excluding carboxylic acids is 1. The Labute approximate surface area is 94.5 Å². The van der Waals surface area contributed by atoms with E-state index < -0.39 is 0 Å². The zero-order chi connectivity index (χ0) is 12.0. The van der Waals surface area contributed by atoms with E-state index in [1.165, 1.54) is 7.11 Å². The number of urea groups is 1. The number of ether oxygens (including phenoxy) is 1. The molecule has 0 atom stereocenters. The molecule has 1 heterocycles. The molecule has 16 heavy (non-hydrogen) atoms. The van der Waals surface area contributed by atoms with Crippen molar-refractivity contribution < 1.29 is 9.53 Å². The molecule has 0 spiro atoms. The number of anilines is 1. The maximum atomic E-state index is 11.4. The molecule has 2 N–H and O–H groups in total. The largest absolute Gasteiger partial charge is 0.493 e. The number of nitrogens with one attached hydrogen (secondary N) is 2. The summed E-state index contributed by atoms with van der Waals surface area (Å²) in [7, 11) is 1.53. The molecule has 0 radical (unpaired) electrons. The molecular weight excluding hydrogens is 206 g/mol. The first-order valence-electron chi connectivity index (χ1n) is 4.84. The number of hydrogen-bond donors (Lipinski definition) is 2. The summed E-state index contributed by atoms with van der Waals surface area (Å²) in [5.74, 6) is 0.934. The molecule has 0 unspecified atom stereocenters. The van der Waals surface area contributed by atoms with E-state index in [4.69, 9.17) is 4.74 Å². The standard InChI is InChI=1S/C11H15N3O2/c1-4-7-12-11(15)14-10-9(16-3)6-5-8(2)13-10/h4-6H,1,7H2,2-3H3,(H2,12,13,14,15). The van der Waals surface area contributed by atoms with Gasteiger partial charge < -0.3 is 10.1 Å². The molecule has 1 rings (SSSR count). The van der Waals surface area contributed by atoms with Crippen molar-refractivity contribution in [2.75, 3.05) is 19.0 Å². The van der Waals surface area contributed by atoms with Gasteiger partial charge in [-0.1, -0.05) is 6.08 Å². The SMILES string of the molecule is C=CCNC(=O)Nc1nc(C)ccc1OC. The molecule has 1 aromatic heterocycles. The van der Waals surface area contributed by atoms with Gasteiger partial charge >= 0.3 is 6.03 Å². The van der Waals surface area contributed by atoms with Crippen molar-refractivity contribution in [1.29, 1.82) is 0 Å². The van der Waals surface area contributed by atoms with E-state index in [2.05, 4.69) is 22.2 Å². The van der Waals surface area contributed by atoms with Gasteiger partial charge in [-0.25, -0.2) is 9.78 Å². The zero-order valence-electron chi connectivity index (χ0n) is 9.41. The first-order valence-corrected chi connectivity index (χ1v) is 4.84. The third kappa shape index (κ3) is 3.27. The molecule has 5 heteroatoms. The Balaban J connectivity index is 2.74. The molecule has 0 fully saturated rings. The van der Waals surface area contributed by atoms with Crippen molar-refractivity contribution in [3.63, 3.8) is 0 Å². The van der Waals surface area contributed by atoms with Crippen LogP contribution in [0.1, 0.15) is 5.69 Å². The van der Waals surface area contributed by atoms with Crippen molar-refractivity contribution >= 4 is 11.8 Å². The summed E-state index contributed by atoms with van der Waals surface area (Å²) in [5.41, 5.74) is 0.805. The van der Waals surface area contributed by atoms with E-state index >= 15 is 0 Å². The van der Waals surface area contributed by atoms with Crippen LogP contribution in [0.25, 0.3) is 0 Å². The number of carbonyl (C=O) groups is 1. The number of pyridine rings is 1. The zero-order valence-corrected chi connectivity index (χ0v) is 9.41. The molecule has 5 nitrogen and oxygen atoms in total. The predicted molar refractivity (Wildman–Crippen MR) is 62.7 cm³/mol. The fourth-order valence-corrected chi connectivity index (χ4v) is 1.11. The number of aromatic nitrogens is 1. The number of hydrogen-bond acceptors (Lipinski definition) is 3. The van der Waals surface area contributed by atoms with Gasteiger partial charge in [-0.15, -0.1) is 6.58 Å². The Bertz CT molecular complexity index is 391. The van der Waals surface area contributed by atoms with Gasteiger partial charge in [0.1, 0.15) is 0 Å². The van der Waals surface area contributed by atoms with Crippen molar-refractivity contribution in [2.45, 2.75) is 6.92 Å². The summed E-state index contributed by atoms with van der Waals surface area (Å²) < 4.78 is 5.08. The van der Waals surface area contributed by atoms with Crippen molar-refractivity contribution in [3.05, 3.63) is 30.5 Å². The third-order valence-corrected chi connectivity index (χ3v) is 1.86. The van der Waals surface area contributed by atoms with Crippen molar-refractivity contribution in [2.24, 2.45) is 0 Å². The molecule has 2 amide bonds. The summed E-state index contributed by atoms with van der Waals surface area (Å²) >= 11 is 0. The van der Waals surface area contributed by atoms with E-state index in [0.29, 0.717) is 18.1 Å². The highest BCUT2D eigenvalue weighted by atomic mass is 16.5. The van der Waals surface area contributed by atoms with E-state index in [1.807, 2.05) is 13.0 Å². The summed E-state index contributed by atoms with van der Waals surface area (Å²) in [6.07, 6.45) is 1.60. The Hall–Kier alpha value is -2.04. The molecule has 0 bridgehead atoms. The van der Waals surface area contributed by atoms with E-state index in [1.54, 1.807) is 12.1 Å². The van der Waals surface area contributed by atoms with Gasteiger partial charge in [-0.2, -0.15) is 0 Å². The van der Waals surface area contributed by atoms with E-state index in [0.717, 1.165) is 5.69 Å². The molecular formula is C11H15N3O2. The van der Waals surface area contributed by atoms with Crippen LogP contribution in [-0.4, -0.2) is 24.7 Å². The van der Waals surface area contributed by atoms with Gasteiger partial charge in [0.05, 0.1) is 7.11 Å². The Kier molecular flexibility index (Phi) is 4.32. The van der Waals surface area contributed by atoms with Gasteiger partial charge in [0.2, 0.25) is 0 Å². The number of amides is 2. The van der Waals surface area contributed by atoms with Crippen LogP contribution < -0.4 is 15.4 Å². The highest BCUT2D eigenvalue weighted by Gasteiger charge is 2.07. The third-order valence-electron chi connectivity index (χ3n) is 1.86. The lowest BCUT2D eigenvalue weighted by molar-refractivity contribution is 0.253. The molecule has 0 aliphatic heterocycles. The lowest BCUT2D eigenvalue weighted by atomic mass is 10.3. The normalized spacial score (nSPS) is 9.38. The Morgan fingerprint density at radius 1 is 1.62 bits per heavy atom. The summed E-state index contributed by atoms with van der Waals surface area (Å²) in [4.78, 5) is 15.6. The number of rotatable bonds is 4. The van der Waals surface area contributed by atoms with E-state index in [-0.39, 0.29) is 6.03 Å². The van der Waals surface area contributed by atoms with Crippen LogP contribution in [0.5, 0.6) is 5.75 Å². The molecule has 0 saturated heterocycles. The van der Waals surface area contributed by atoms with Crippen LogP contribution in [0.4, 0.5) is 10.6 Å². The van der Waals surface area contributed by atoms with Gasteiger partial charge in [-0.3, -0.25) is 5.32 Å². The lowest BCUT2D eigenvalue weighted by Gasteiger charge is -2.09. The van der Waals surface area contributed by atoms with Gasteiger partial charge in [0.15, 0.2) is 11.6 Å². The van der Waals surface area contributed by atoms with Gasteiger partial charge in [0.25, 0.3) is 0 Å². The highest BCUT2D eigenvalue weighted by molar-refractivity contribution is 5.89. The minimum absolute atomic E-state index is 0.337.